The fourth-order valence-electron chi connectivity index (χ4n) is 1.85. The molecule has 1 fully saturated rings. The van der Waals surface area contributed by atoms with Crippen LogP contribution in [0.3, 0.4) is 0 Å². The van der Waals surface area contributed by atoms with E-state index in [1.165, 1.54) is 12.8 Å². The van der Waals surface area contributed by atoms with Gasteiger partial charge in [0.2, 0.25) is 0 Å². The van der Waals surface area contributed by atoms with Gasteiger partial charge >= 0.3 is 0 Å². The largest absolute Gasteiger partial charge is 0.371 e. The van der Waals surface area contributed by atoms with Crippen molar-refractivity contribution in [2.75, 3.05) is 13.6 Å². The number of ether oxygens (including phenoxy) is 1. The first-order valence-corrected chi connectivity index (χ1v) is 4.55. The van der Waals surface area contributed by atoms with Crippen molar-refractivity contribution in [2.24, 2.45) is 0 Å². The highest BCUT2D eigenvalue weighted by molar-refractivity contribution is 4.88. The van der Waals surface area contributed by atoms with Crippen molar-refractivity contribution in [3.63, 3.8) is 0 Å². The Bertz CT molecular complexity index is 123. The summed E-state index contributed by atoms with van der Waals surface area (Å²) in [5, 5.41) is 3.20. The molecule has 0 spiro atoms. The van der Waals surface area contributed by atoms with Crippen molar-refractivity contribution >= 4 is 0 Å². The number of hydrogen-bond acceptors (Lipinski definition) is 2. The summed E-state index contributed by atoms with van der Waals surface area (Å²) in [5.74, 6) is 0. The van der Waals surface area contributed by atoms with Crippen molar-refractivity contribution in [3.05, 3.63) is 0 Å². The lowest BCUT2D eigenvalue weighted by molar-refractivity contribution is -0.0341. The molecule has 0 bridgehead atoms. The minimum Gasteiger partial charge on any atom is -0.371 e. The quantitative estimate of drug-likeness (QED) is 0.671. The Balaban J connectivity index is 2.48. The molecular weight excluding hydrogens is 138 g/mol. The van der Waals surface area contributed by atoms with Crippen LogP contribution < -0.4 is 5.32 Å². The van der Waals surface area contributed by atoms with Crippen molar-refractivity contribution in [2.45, 2.75) is 44.8 Å². The van der Waals surface area contributed by atoms with E-state index in [-0.39, 0.29) is 5.60 Å². The van der Waals surface area contributed by atoms with E-state index in [1.807, 2.05) is 7.05 Å². The zero-order valence-corrected chi connectivity index (χ0v) is 7.81. The highest BCUT2D eigenvalue weighted by Gasteiger charge is 2.35. The molecule has 1 aliphatic heterocycles. The average molecular weight is 157 g/mol. The molecule has 0 amide bonds. The van der Waals surface area contributed by atoms with Crippen molar-refractivity contribution in [3.8, 4) is 0 Å². The van der Waals surface area contributed by atoms with Gasteiger partial charge in [-0.15, -0.1) is 0 Å². The lowest BCUT2D eigenvalue weighted by atomic mass is 9.97. The zero-order chi connectivity index (χ0) is 8.32. The molecule has 2 nitrogen and oxygen atoms in total. The lowest BCUT2D eigenvalue weighted by Crippen LogP contribution is -2.38. The molecule has 1 aliphatic rings. The van der Waals surface area contributed by atoms with Gasteiger partial charge in [-0.1, -0.05) is 6.92 Å². The van der Waals surface area contributed by atoms with E-state index in [2.05, 4.69) is 19.2 Å². The fourth-order valence-corrected chi connectivity index (χ4v) is 1.85. The second-order valence-corrected chi connectivity index (χ2v) is 3.53. The van der Waals surface area contributed by atoms with Crippen LogP contribution in [-0.4, -0.2) is 25.3 Å². The Kier molecular flexibility index (Phi) is 2.90. The Labute approximate surface area is 69.3 Å². The molecule has 0 radical (unpaired) electrons. The first kappa shape index (κ1) is 9.01. The van der Waals surface area contributed by atoms with E-state index in [1.54, 1.807) is 0 Å². The summed E-state index contributed by atoms with van der Waals surface area (Å²) in [6.45, 7) is 5.36. The fraction of sp³-hybridized carbons (Fsp3) is 1.00. The Morgan fingerprint density at radius 1 is 1.64 bits per heavy atom. The molecule has 2 heteroatoms. The molecule has 0 aliphatic carbocycles. The van der Waals surface area contributed by atoms with E-state index < -0.39 is 0 Å². The van der Waals surface area contributed by atoms with Gasteiger partial charge in [-0.25, -0.2) is 0 Å². The summed E-state index contributed by atoms with van der Waals surface area (Å²) in [4.78, 5) is 0. The van der Waals surface area contributed by atoms with Crippen LogP contribution in [0.1, 0.15) is 33.1 Å². The standard InChI is InChI=1S/C9H19NO/c1-4-9(7-10-3)6-5-8(2)11-9/h8,10H,4-7H2,1-3H3/t8-,9+/m0/s1. The maximum absolute atomic E-state index is 5.88. The molecule has 1 rings (SSSR count). The van der Waals surface area contributed by atoms with E-state index >= 15 is 0 Å². The maximum Gasteiger partial charge on any atom is 0.0808 e. The Morgan fingerprint density at radius 2 is 2.36 bits per heavy atom. The molecule has 0 aromatic rings. The Hall–Kier alpha value is -0.0800. The van der Waals surface area contributed by atoms with Crippen LogP contribution in [0.25, 0.3) is 0 Å². The van der Waals surface area contributed by atoms with Crippen LogP contribution in [-0.2, 0) is 4.74 Å². The monoisotopic (exact) mass is 157 g/mol. The van der Waals surface area contributed by atoms with Gasteiger partial charge in [-0.05, 0) is 33.2 Å². The maximum atomic E-state index is 5.88. The van der Waals surface area contributed by atoms with E-state index in [0.29, 0.717) is 6.10 Å². The van der Waals surface area contributed by atoms with Crippen molar-refractivity contribution in [1.82, 2.24) is 5.32 Å². The van der Waals surface area contributed by atoms with Gasteiger partial charge in [0.05, 0.1) is 11.7 Å². The van der Waals surface area contributed by atoms with Crippen LogP contribution in [0, 0.1) is 0 Å². The third kappa shape index (κ3) is 1.94. The molecular formula is C9H19NO. The van der Waals surface area contributed by atoms with Gasteiger partial charge in [0.1, 0.15) is 0 Å². The molecule has 0 aromatic heterocycles. The van der Waals surface area contributed by atoms with Gasteiger partial charge < -0.3 is 10.1 Å². The first-order chi connectivity index (χ1) is 5.22. The van der Waals surface area contributed by atoms with E-state index in [9.17, 15) is 0 Å². The van der Waals surface area contributed by atoms with Crippen molar-refractivity contribution in [1.29, 1.82) is 0 Å². The lowest BCUT2D eigenvalue weighted by Gasteiger charge is -2.27. The molecule has 1 N–H and O–H groups in total. The number of nitrogens with one attached hydrogen (secondary N) is 1. The normalized spacial score (nSPS) is 37.9. The van der Waals surface area contributed by atoms with Crippen LogP contribution >= 0.6 is 0 Å². The summed E-state index contributed by atoms with van der Waals surface area (Å²) in [6, 6.07) is 0. The molecule has 66 valence electrons. The third-order valence-corrected chi connectivity index (χ3v) is 2.60. The number of likely N-dealkylation sites (N-methyl/N-ethyl adjacent to an activating group) is 1. The minimum absolute atomic E-state index is 0.147. The van der Waals surface area contributed by atoms with Gasteiger partial charge in [0.25, 0.3) is 0 Å². The second-order valence-electron chi connectivity index (χ2n) is 3.53. The van der Waals surface area contributed by atoms with Crippen LogP contribution in [0.15, 0.2) is 0 Å². The predicted octanol–water partition coefficient (Wildman–Crippen LogP) is 1.55. The van der Waals surface area contributed by atoms with Gasteiger partial charge in [0, 0.05) is 6.54 Å². The van der Waals surface area contributed by atoms with Gasteiger partial charge in [-0.3, -0.25) is 0 Å². The molecule has 1 heterocycles. The van der Waals surface area contributed by atoms with Crippen molar-refractivity contribution < 1.29 is 4.74 Å². The highest BCUT2D eigenvalue weighted by Crippen LogP contribution is 2.32. The highest BCUT2D eigenvalue weighted by atomic mass is 16.5. The molecule has 1 saturated heterocycles. The molecule has 2 atom stereocenters. The third-order valence-electron chi connectivity index (χ3n) is 2.60. The number of hydrogen-bond donors (Lipinski definition) is 1. The van der Waals surface area contributed by atoms with Crippen LogP contribution in [0.5, 0.6) is 0 Å². The summed E-state index contributed by atoms with van der Waals surface area (Å²) in [6.07, 6.45) is 4.02. The SMILES string of the molecule is CC[C@]1(CNC)CC[C@H](C)O1. The summed E-state index contributed by atoms with van der Waals surface area (Å²) in [5.41, 5.74) is 0.147. The molecule has 11 heavy (non-hydrogen) atoms. The summed E-state index contributed by atoms with van der Waals surface area (Å²) < 4.78 is 5.88. The molecule has 0 saturated carbocycles. The molecule has 0 unspecified atom stereocenters. The summed E-state index contributed by atoms with van der Waals surface area (Å²) in [7, 11) is 1.99. The average Bonchev–Trinajstić information content (AvgIpc) is 2.34. The predicted molar refractivity (Wildman–Crippen MR) is 46.7 cm³/mol. The second kappa shape index (κ2) is 3.55. The van der Waals surface area contributed by atoms with Crippen LogP contribution in [0.4, 0.5) is 0 Å². The topological polar surface area (TPSA) is 21.3 Å². The number of rotatable bonds is 3. The first-order valence-electron chi connectivity index (χ1n) is 4.55. The van der Waals surface area contributed by atoms with Gasteiger partial charge in [0.15, 0.2) is 0 Å². The Morgan fingerprint density at radius 3 is 2.73 bits per heavy atom. The zero-order valence-electron chi connectivity index (χ0n) is 7.81. The van der Waals surface area contributed by atoms with Crippen LogP contribution in [0.2, 0.25) is 0 Å². The summed E-state index contributed by atoms with van der Waals surface area (Å²) >= 11 is 0. The molecule has 0 aromatic carbocycles. The van der Waals surface area contributed by atoms with E-state index in [0.717, 1.165) is 13.0 Å². The minimum atomic E-state index is 0.147. The smallest absolute Gasteiger partial charge is 0.0808 e. The van der Waals surface area contributed by atoms with Gasteiger partial charge in [-0.2, -0.15) is 0 Å². The van der Waals surface area contributed by atoms with E-state index in [4.69, 9.17) is 4.74 Å².